The van der Waals surface area contributed by atoms with Gasteiger partial charge in [0.1, 0.15) is 11.4 Å². The van der Waals surface area contributed by atoms with Gasteiger partial charge in [-0.15, -0.1) is 0 Å². The minimum Gasteiger partial charge on any atom is -0.508 e. The van der Waals surface area contributed by atoms with E-state index in [0.29, 0.717) is 25.7 Å². The average Bonchev–Trinajstić information content (AvgIpc) is 2.49. The molecule has 0 unspecified atom stereocenters. The van der Waals surface area contributed by atoms with Gasteiger partial charge in [-0.1, -0.05) is 12.1 Å². The molecule has 1 aromatic rings. The molecule has 0 amide bonds. The first-order valence-electron chi connectivity index (χ1n) is 8.73. The molecule has 140 valence electrons. The molecule has 1 rings (SSSR count). The average molecular weight is 350 g/mol. The maximum absolute atomic E-state index is 11.1. The van der Waals surface area contributed by atoms with E-state index in [1.165, 1.54) is 0 Å². The lowest BCUT2D eigenvalue weighted by atomic mass is 9.86. The summed E-state index contributed by atoms with van der Waals surface area (Å²) in [7, 11) is 0. The maximum atomic E-state index is 11.1. The molecule has 0 saturated heterocycles. The molecule has 0 fully saturated rings. The number of phenols is 1. The van der Waals surface area contributed by atoms with Gasteiger partial charge >= 0.3 is 5.97 Å². The fourth-order valence-electron chi connectivity index (χ4n) is 2.73. The molecule has 0 heterocycles. The maximum Gasteiger partial charge on any atom is 0.309 e. The summed E-state index contributed by atoms with van der Waals surface area (Å²) < 4.78 is 5.03. The lowest BCUT2D eigenvalue weighted by molar-refractivity contribution is -0.147. The molecule has 5 heteroatoms. The van der Waals surface area contributed by atoms with Crippen LogP contribution >= 0.6 is 0 Å². The van der Waals surface area contributed by atoms with Crippen molar-refractivity contribution in [3.63, 3.8) is 0 Å². The molecule has 0 saturated carbocycles. The fraction of sp³-hybridized carbons (Fsp3) is 0.600. The molecule has 0 bridgehead atoms. The van der Waals surface area contributed by atoms with Gasteiger partial charge in [-0.05, 0) is 83.4 Å². The van der Waals surface area contributed by atoms with Crippen molar-refractivity contribution in [2.75, 3.05) is 0 Å². The molecule has 2 N–H and O–H groups in total. The Morgan fingerprint density at radius 2 is 1.76 bits per heavy atom. The van der Waals surface area contributed by atoms with Crippen molar-refractivity contribution >= 4 is 12.4 Å². The van der Waals surface area contributed by atoms with Crippen LogP contribution in [0.3, 0.4) is 0 Å². The second kappa shape index (κ2) is 8.88. The zero-order valence-electron chi connectivity index (χ0n) is 15.7. The van der Waals surface area contributed by atoms with Crippen molar-refractivity contribution in [2.45, 2.75) is 71.8 Å². The second-order valence-electron chi connectivity index (χ2n) is 7.83. The van der Waals surface area contributed by atoms with Crippen molar-refractivity contribution in [3.8, 4) is 5.75 Å². The third-order valence-electron chi connectivity index (χ3n) is 4.58. The van der Waals surface area contributed by atoms with Crippen molar-refractivity contribution in [1.29, 1.82) is 0 Å². The molecular weight excluding hydrogens is 320 g/mol. The number of carbonyl (C=O) groups is 2. The fourth-order valence-corrected chi connectivity index (χ4v) is 2.73. The normalized spacial score (nSPS) is 12.0. The van der Waals surface area contributed by atoms with Crippen LogP contribution in [0.15, 0.2) is 18.2 Å². The van der Waals surface area contributed by atoms with Crippen LogP contribution < -0.4 is 0 Å². The summed E-state index contributed by atoms with van der Waals surface area (Å²) in [6.07, 6.45) is 4.38. The van der Waals surface area contributed by atoms with Crippen molar-refractivity contribution in [2.24, 2.45) is 5.41 Å². The number of rotatable bonds is 11. The van der Waals surface area contributed by atoms with Crippen LogP contribution in [0.1, 0.15) is 64.5 Å². The van der Waals surface area contributed by atoms with E-state index in [0.717, 1.165) is 30.4 Å². The lowest BCUT2D eigenvalue weighted by Crippen LogP contribution is -2.23. The molecule has 5 nitrogen and oxygen atoms in total. The number of hydrogen-bond acceptors (Lipinski definition) is 4. The first kappa shape index (κ1) is 21.0. The van der Waals surface area contributed by atoms with E-state index < -0.39 is 17.0 Å². The Bertz CT molecular complexity index is 590. The molecule has 0 aliphatic rings. The predicted molar refractivity (Wildman–Crippen MR) is 96.6 cm³/mol. The highest BCUT2D eigenvalue weighted by atomic mass is 16.5. The van der Waals surface area contributed by atoms with Gasteiger partial charge in [0, 0.05) is 0 Å². The van der Waals surface area contributed by atoms with Crippen molar-refractivity contribution in [3.05, 3.63) is 29.3 Å². The molecule has 0 spiro atoms. The third kappa shape index (κ3) is 7.16. The van der Waals surface area contributed by atoms with Crippen LogP contribution in [-0.2, 0) is 27.2 Å². The second-order valence-corrected chi connectivity index (χ2v) is 7.83. The van der Waals surface area contributed by atoms with Gasteiger partial charge in [0.2, 0.25) is 0 Å². The number of aryl methyl sites for hydroxylation is 2. The van der Waals surface area contributed by atoms with E-state index in [1.54, 1.807) is 19.9 Å². The topological polar surface area (TPSA) is 83.8 Å². The van der Waals surface area contributed by atoms with Gasteiger partial charge in [0.25, 0.3) is 6.47 Å². The molecular formula is C20H30O5. The minimum atomic E-state index is -0.779. The van der Waals surface area contributed by atoms with Crippen LogP contribution in [0.2, 0.25) is 0 Å². The van der Waals surface area contributed by atoms with E-state index >= 15 is 0 Å². The number of carboxylic acid groups (broad SMARTS) is 1. The van der Waals surface area contributed by atoms with Gasteiger partial charge in [0.15, 0.2) is 0 Å². The highest BCUT2D eigenvalue weighted by Gasteiger charge is 2.26. The largest absolute Gasteiger partial charge is 0.508 e. The number of ether oxygens (including phenoxy) is 1. The monoisotopic (exact) mass is 350 g/mol. The zero-order valence-corrected chi connectivity index (χ0v) is 15.7. The summed E-state index contributed by atoms with van der Waals surface area (Å²) in [6.45, 7) is 7.67. The Hall–Kier alpha value is -2.04. The number of carbonyl (C=O) groups excluding carboxylic acids is 1. The summed E-state index contributed by atoms with van der Waals surface area (Å²) in [5.41, 5.74) is 0.746. The van der Waals surface area contributed by atoms with E-state index in [-0.39, 0.29) is 5.75 Å². The Kier molecular flexibility index (Phi) is 7.46. The first-order valence-corrected chi connectivity index (χ1v) is 8.73. The highest BCUT2D eigenvalue weighted by molar-refractivity contribution is 5.73. The number of aliphatic carboxylic acids is 1. The summed E-state index contributed by atoms with van der Waals surface area (Å²) >= 11 is 0. The Balaban J connectivity index is 2.58. The zero-order chi connectivity index (χ0) is 19.1. The highest BCUT2D eigenvalue weighted by Crippen LogP contribution is 2.26. The van der Waals surface area contributed by atoms with Crippen molar-refractivity contribution in [1.82, 2.24) is 0 Å². The number of aromatic hydroxyl groups is 1. The van der Waals surface area contributed by atoms with Gasteiger partial charge in [0.05, 0.1) is 5.41 Å². The summed E-state index contributed by atoms with van der Waals surface area (Å²) in [5, 5.41) is 19.2. The molecule has 25 heavy (non-hydrogen) atoms. The lowest BCUT2D eigenvalue weighted by Gasteiger charge is -2.22. The molecule has 1 aromatic carbocycles. The van der Waals surface area contributed by atoms with Crippen LogP contribution in [0.5, 0.6) is 5.75 Å². The Morgan fingerprint density at radius 3 is 2.36 bits per heavy atom. The van der Waals surface area contributed by atoms with E-state index in [2.05, 4.69) is 0 Å². The minimum absolute atomic E-state index is 0.267. The number of hydrogen-bond donors (Lipinski definition) is 2. The number of carboxylic acids is 1. The Morgan fingerprint density at radius 1 is 1.12 bits per heavy atom. The van der Waals surface area contributed by atoms with Crippen LogP contribution in [0, 0.1) is 5.41 Å². The van der Waals surface area contributed by atoms with Gasteiger partial charge in [-0.3, -0.25) is 9.59 Å². The standard InChI is InChI=1S/C20H30O5/c1-19(2,18(23)24)11-5-7-15-9-10-17(22)16(13-15)8-6-12-20(3,4)25-14-21/h9-10,13-14,22H,5-8,11-12H2,1-4H3,(H,23,24). The molecule has 0 aliphatic heterocycles. The Labute approximate surface area is 150 Å². The molecule has 0 atom stereocenters. The quantitative estimate of drug-likeness (QED) is 0.587. The van der Waals surface area contributed by atoms with E-state index in [4.69, 9.17) is 9.84 Å². The predicted octanol–water partition coefficient (Wildman–Crippen LogP) is 4.10. The molecule has 0 aliphatic carbocycles. The summed E-state index contributed by atoms with van der Waals surface area (Å²) in [5.74, 6) is -0.511. The smallest absolute Gasteiger partial charge is 0.309 e. The van der Waals surface area contributed by atoms with E-state index in [1.807, 2.05) is 26.0 Å². The van der Waals surface area contributed by atoms with Crippen molar-refractivity contribution < 1.29 is 24.5 Å². The molecule has 0 aromatic heterocycles. The van der Waals surface area contributed by atoms with Gasteiger partial charge in [-0.2, -0.15) is 0 Å². The SMILES string of the molecule is CC(C)(CCCc1cc(CCCC(C)(C)C(=O)O)ccc1O)OC=O. The first-order chi connectivity index (χ1) is 11.6. The molecule has 0 radical (unpaired) electrons. The summed E-state index contributed by atoms with van der Waals surface area (Å²) in [4.78, 5) is 21.6. The van der Waals surface area contributed by atoms with Crippen LogP contribution in [-0.4, -0.2) is 28.3 Å². The van der Waals surface area contributed by atoms with Crippen LogP contribution in [0.25, 0.3) is 0 Å². The number of benzene rings is 1. The third-order valence-corrected chi connectivity index (χ3v) is 4.58. The van der Waals surface area contributed by atoms with Crippen LogP contribution in [0.4, 0.5) is 0 Å². The number of phenolic OH excluding ortho intramolecular Hbond substituents is 1. The van der Waals surface area contributed by atoms with Gasteiger partial charge in [-0.25, -0.2) is 0 Å². The summed E-state index contributed by atoms with van der Waals surface area (Å²) in [6, 6.07) is 5.56. The van der Waals surface area contributed by atoms with E-state index in [9.17, 15) is 14.7 Å². The van der Waals surface area contributed by atoms with Gasteiger partial charge < -0.3 is 14.9 Å².